The number of hydrogen-bond acceptors (Lipinski definition) is 6. The summed E-state index contributed by atoms with van der Waals surface area (Å²) in [5, 5.41) is 0.384. The van der Waals surface area contributed by atoms with Gasteiger partial charge in [0.2, 0.25) is 0 Å². The zero-order valence-electron chi connectivity index (χ0n) is 19.1. The Balaban J connectivity index is 2.16. The van der Waals surface area contributed by atoms with E-state index in [0.29, 0.717) is 10.9 Å². The number of aryl methyl sites for hydroxylation is 1. The van der Waals surface area contributed by atoms with Crippen LogP contribution in [0.5, 0.6) is 0 Å². The van der Waals surface area contributed by atoms with Gasteiger partial charge in [0.25, 0.3) is 0 Å². The highest BCUT2D eigenvalue weighted by molar-refractivity contribution is 8.01. The van der Waals surface area contributed by atoms with Gasteiger partial charge in [0.15, 0.2) is 19.7 Å². The van der Waals surface area contributed by atoms with Gasteiger partial charge in [-0.3, -0.25) is 4.31 Å². The van der Waals surface area contributed by atoms with Gasteiger partial charge in [-0.25, -0.2) is 16.8 Å². The van der Waals surface area contributed by atoms with E-state index in [4.69, 9.17) is 0 Å². The van der Waals surface area contributed by atoms with Gasteiger partial charge in [0.05, 0.1) is 32.7 Å². The average molecular weight is 496 g/mol. The zero-order chi connectivity index (χ0) is 23.4. The third-order valence-electron chi connectivity index (χ3n) is 5.93. The molecule has 1 fully saturated rings. The van der Waals surface area contributed by atoms with Crippen molar-refractivity contribution in [2.24, 2.45) is 0 Å². The van der Waals surface area contributed by atoms with E-state index in [1.54, 1.807) is 31.9 Å². The third-order valence-corrected chi connectivity index (χ3v) is 10.8. The summed E-state index contributed by atoms with van der Waals surface area (Å²) >= 11 is 1.67. The van der Waals surface area contributed by atoms with Crippen LogP contribution in [0.3, 0.4) is 0 Å². The van der Waals surface area contributed by atoms with Crippen molar-refractivity contribution in [1.29, 1.82) is 0 Å². The third kappa shape index (κ3) is 5.88. The standard InChI is InChI=1S/C24H33NO4S3/c1-4-31(26,27)22-16-17-23(24(18-22)32(28,29)5-2)25(20-14-12-19(3)13-15-20)30-21-10-8-6-7-9-11-21/h12-18,21H,4-11H2,1-3H3. The molecule has 1 aliphatic carbocycles. The van der Waals surface area contributed by atoms with Crippen molar-refractivity contribution in [2.75, 3.05) is 15.8 Å². The van der Waals surface area contributed by atoms with E-state index in [2.05, 4.69) is 0 Å². The lowest BCUT2D eigenvalue weighted by Gasteiger charge is -2.29. The van der Waals surface area contributed by atoms with Crippen molar-refractivity contribution >= 4 is 43.0 Å². The summed E-state index contributed by atoms with van der Waals surface area (Å²) in [4.78, 5) is 0.135. The fourth-order valence-corrected chi connectivity index (χ4v) is 7.35. The van der Waals surface area contributed by atoms with Crippen molar-refractivity contribution in [3.05, 3.63) is 48.0 Å². The van der Waals surface area contributed by atoms with Crippen LogP contribution >= 0.6 is 11.9 Å². The lowest BCUT2D eigenvalue weighted by atomic mass is 10.2. The first kappa shape index (κ1) is 25.1. The molecule has 0 unspecified atom stereocenters. The molecule has 2 aromatic carbocycles. The molecule has 1 aliphatic rings. The predicted molar refractivity (Wildman–Crippen MR) is 134 cm³/mol. The maximum Gasteiger partial charge on any atom is 0.180 e. The Kier molecular flexibility index (Phi) is 8.33. The van der Waals surface area contributed by atoms with E-state index in [9.17, 15) is 16.8 Å². The summed E-state index contributed by atoms with van der Waals surface area (Å²) < 4.78 is 53.2. The van der Waals surface area contributed by atoms with Gasteiger partial charge in [-0.15, -0.1) is 0 Å². The van der Waals surface area contributed by atoms with Gasteiger partial charge in [0.1, 0.15) is 0 Å². The second-order valence-electron chi connectivity index (χ2n) is 8.29. The van der Waals surface area contributed by atoms with Crippen LogP contribution in [-0.4, -0.2) is 33.6 Å². The van der Waals surface area contributed by atoms with Gasteiger partial charge in [0, 0.05) is 5.25 Å². The molecule has 32 heavy (non-hydrogen) atoms. The number of sulfone groups is 2. The molecular formula is C24H33NO4S3. The Morgan fingerprint density at radius 2 is 1.44 bits per heavy atom. The first-order chi connectivity index (χ1) is 15.2. The van der Waals surface area contributed by atoms with Crippen LogP contribution in [-0.2, 0) is 19.7 Å². The molecule has 1 saturated carbocycles. The van der Waals surface area contributed by atoms with Crippen molar-refractivity contribution in [2.45, 2.75) is 74.3 Å². The first-order valence-electron chi connectivity index (χ1n) is 11.3. The van der Waals surface area contributed by atoms with Crippen LogP contribution in [0.4, 0.5) is 11.4 Å². The minimum atomic E-state index is -3.65. The fraction of sp³-hybridized carbons (Fsp3) is 0.500. The van der Waals surface area contributed by atoms with E-state index in [1.165, 1.54) is 37.8 Å². The normalized spacial score (nSPS) is 16.0. The molecule has 0 saturated heterocycles. The van der Waals surface area contributed by atoms with Gasteiger partial charge >= 0.3 is 0 Å². The van der Waals surface area contributed by atoms with E-state index in [-0.39, 0.29) is 21.3 Å². The summed E-state index contributed by atoms with van der Waals surface area (Å²) in [6.07, 6.45) is 7.00. The van der Waals surface area contributed by atoms with Gasteiger partial charge < -0.3 is 0 Å². The molecule has 3 rings (SSSR count). The summed E-state index contributed by atoms with van der Waals surface area (Å²) in [5.41, 5.74) is 2.54. The summed E-state index contributed by atoms with van der Waals surface area (Å²) in [6, 6.07) is 12.6. The maximum absolute atomic E-state index is 13.1. The Bertz CT molecular complexity index is 1120. The van der Waals surface area contributed by atoms with Crippen LogP contribution < -0.4 is 4.31 Å². The molecule has 0 bridgehead atoms. The first-order valence-corrected chi connectivity index (χ1v) is 15.4. The van der Waals surface area contributed by atoms with Crippen LogP contribution in [0.1, 0.15) is 57.9 Å². The molecule has 0 radical (unpaired) electrons. The van der Waals surface area contributed by atoms with Crippen molar-refractivity contribution in [3.8, 4) is 0 Å². The number of rotatable bonds is 8. The molecule has 2 aromatic rings. The van der Waals surface area contributed by atoms with Crippen LogP contribution in [0.25, 0.3) is 0 Å². The fourth-order valence-electron chi connectivity index (χ4n) is 3.86. The van der Waals surface area contributed by atoms with E-state index in [1.807, 2.05) is 35.5 Å². The number of nitrogens with zero attached hydrogens (tertiary/aromatic N) is 1. The lowest BCUT2D eigenvalue weighted by Crippen LogP contribution is -2.18. The number of benzene rings is 2. The average Bonchev–Trinajstić information content (AvgIpc) is 3.06. The Hall–Kier alpha value is -1.51. The molecular weight excluding hydrogens is 462 g/mol. The van der Waals surface area contributed by atoms with Crippen LogP contribution in [0, 0.1) is 6.92 Å². The minimum Gasteiger partial charge on any atom is -0.283 e. The van der Waals surface area contributed by atoms with Gasteiger partial charge in [-0.1, -0.05) is 57.2 Å². The number of hydrogen-bond donors (Lipinski definition) is 0. The molecule has 0 spiro atoms. The molecule has 0 atom stereocenters. The van der Waals surface area contributed by atoms with Crippen molar-refractivity contribution < 1.29 is 16.8 Å². The quantitative estimate of drug-likeness (QED) is 0.326. The van der Waals surface area contributed by atoms with Gasteiger partial charge in [-0.05, 0) is 62.0 Å². The van der Waals surface area contributed by atoms with E-state index >= 15 is 0 Å². The second-order valence-corrected chi connectivity index (χ2v) is 14.1. The molecule has 0 aromatic heterocycles. The Morgan fingerprint density at radius 3 is 2.00 bits per heavy atom. The molecule has 0 aliphatic heterocycles. The van der Waals surface area contributed by atoms with E-state index in [0.717, 1.165) is 24.1 Å². The predicted octanol–water partition coefficient (Wildman–Crippen LogP) is 6.09. The minimum absolute atomic E-state index is 0.0547. The molecule has 176 valence electrons. The second kappa shape index (κ2) is 10.6. The zero-order valence-corrected chi connectivity index (χ0v) is 21.5. The van der Waals surface area contributed by atoms with Gasteiger partial charge in [-0.2, -0.15) is 0 Å². The van der Waals surface area contributed by atoms with E-state index < -0.39 is 19.7 Å². The topological polar surface area (TPSA) is 71.5 Å². The Labute approximate surface area is 197 Å². The summed E-state index contributed by atoms with van der Waals surface area (Å²) in [5.74, 6) is -0.165. The highest BCUT2D eigenvalue weighted by Crippen LogP contribution is 2.42. The number of anilines is 2. The molecule has 0 amide bonds. The van der Waals surface area contributed by atoms with Crippen LogP contribution in [0.2, 0.25) is 0 Å². The molecule has 8 heteroatoms. The summed E-state index contributed by atoms with van der Waals surface area (Å²) in [6.45, 7) is 5.18. The molecule has 5 nitrogen and oxygen atoms in total. The van der Waals surface area contributed by atoms with Crippen LogP contribution in [0.15, 0.2) is 52.3 Å². The SMILES string of the molecule is CCS(=O)(=O)c1ccc(N(SC2CCCCCC2)c2ccc(C)cc2)c(S(=O)(=O)CC)c1. The maximum atomic E-state index is 13.1. The smallest absolute Gasteiger partial charge is 0.180 e. The lowest BCUT2D eigenvalue weighted by molar-refractivity contribution is 0.595. The monoisotopic (exact) mass is 495 g/mol. The molecule has 0 N–H and O–H groups in total. The van der Waals surface area contributed by atoms with Crippen molar-refractivity contribution in [1.82, 2.24) is 0 Å². The summed E-state index contributed by atoms with van der Waals surface area (Å²) in [7, 11) is -7.17. The largest absolute Gasteiger partial charge is 0.283 e. The molecule has 0 heterocycles. The highest BCUT2D eigenvalue weighted by Gasteiger charge is 2.27. The Morgan fingerprint density at radius 1 is 0.844 bits per heavy atom. The van der Waals surface area contributed by atoms with Crippen molar-refractivity contribution in [3.63, 3.8) is 0 Å². The highest BCUT2D eigenvalue weighted by atomic mass is 32.2.